The molecule has 0 bridgehead atoms. The van der Waals surface area contributed by atoms with E-state index >= 15 is 0 Å². The van der Waals surface area contributed by atoms with E-state index in [1.807, 2.05) is 24.3 Å². The minimum atomic E-state index is 0.205. The molecule has 0 radical (unpaired) electrons. The number of phenolic OH excluding ortho intramolecular Hbond substituents is 1. The largest absolute Gasteiger partial charge is 0.508 e. The lowest BCUT2D eigenvalue weighted by Crippen LogP contribution is -1.83. The van der Waals surface area contributed by atoms with Crippen molar-refractivity contribution < 1.29 is 9.84 Å². The number of para-hydroxylation sites is 1. The molecule has 0 spiro atoms. The normalized spacial score (nSPS) is 11.1. The fourth-order valence-electron chi connectivity index (χ4n) is 2.09. The minimum absolute atomic E-state index is 0.205. The average molecular weight is 213 g/mol. The molecule has 0 atom stereocenters. The molecule has 0 aliphatic carbocycles. The Hall–Kier alpha value is -2.16. The van der Waals surface area contributed by atoms with E-state index in [2.05, 4.69) is 4.98 Å². The van der Waals surface area contributed by atoms with E-state index in [1.54, 1.807) is 19.2 Å². The second-order valence-electron chi connectivity index (χ2n) is 3.74. The number of aromatic hydroxyl groups is 1. The van der Waals surface area contributed by atoms with Crippen molar-refractivity contribution >= 4 is 21.8 Å². The smallest absolute Gasteiger partial charge is 0.132 e. The summed E-state index contributed by atoms with van der Waals surface area (Å²) in [5, 5.41) is 11.7. The molecular formula is C13H11NO2. The maximum absolute atomic E-state index is 9.57. The van der Waals surface area contributed by atoms with E-state index in [1.165, 1.54) is 0 Å². The van der Waals surface area contributed by atoms with Gasteiger partial charge < -0.3 is 14.8 Å². The zero-order valence-corrected chi connectivity index (χ0v) is 8.82. The topological polar surface area (TPSA) is 45.2 Å². The molecule has 2 N–H and O–H groups in total. The second-order valence-corrected chi connectivity index (χ2v) is 3.74. The molecular weight excluding hydrogens is 202 g/mol. The van der Waals surface area contributed by atoms with Crippen LogP contribution in [0.3, 0.4) is 0 Å². The predicted octanol–water partition coefficient (Wildman–Crippen LogP) is 3.04. The van der Waals surface area contributed by atoms with E-state index in [-0.39, 0.29) is 5.75 Å². The maximum atomic E-state index is 9.57. The van der Waals surface area contributed by atoms with Crippen LogP contribution in [0, 0.1) is 0 Å². The second kappa shape index (κ2) is 3.17. The first kappa shape index (κ1) is 9.09. The molecule has 0 aliphatic rings. The highest BCUT2D eigenvalue weighted by Gasteiger charge is 2.10. The van der Waals surface area contributed by atoms with E-state index in [9.17, 15) is 5.11 Å². The Morgan fingerprint density at radius 1 is 1.12 bits per heavy atom. The van der Waals surface area contributed by atoms with Gasteiger partial charge in [-0.05, 0) is 6.07 Å². The summed E-state index contributed by atoms with van der Waals surface area (Å²) < 4.78 is 5.29. The lowest BCUT2D eigenvalue weighted by atomic mass is 10.1. The summed E-state index contributed by atoms with van der Waals surface area (Å²) in [5.41, 5.74) is 1.93. The number of phenols is 1. The van der Waals surface area contributed by atoms with Crippen LogP contribution >= 0.6 is 0 Å². The zero-order chi connectivity index (χ0) is 11.1. The molecule has 0 saturated carbocycles. The van der Waals surface area contributed by atoms with Crippen LogP contribution in [-0.4, -0.2) is 17.2 Å². The lowest BCUT2D eigenvalue weighted by Gasteiger charge is -2.02. The highest BCUT2D eigenvalue weighted by molar-refractivity contribution is 6.10. The van der Waals surface area contributed by atoms with Crippen LogP contribution in [0.4, 0.5) is 0 Å². The zero-order valence-electron chi connectivity index (χ0n) is 8.82. The molecule has 0 amide bonds. The van der Waals surface area contributed by atoms with Crippen LogP contribution in [0.5, 0.6) is 11.5 Å². The van der Waals surface area contributed by atoms with E-state index in [0.717, 1.165) is 21.8 Å². The summed E-state index contributed by atoms with van der Waals surface area (Å²) in [7, 11) is 1.61. The first-order valence-electron chi connectivity index (χ1n) is 5.07. The maximum Gasteiger partial charge on any atom is 0.132 e. The highest BCUT2D eigenvalue weighted by Crippen LogP contribution is 2.35. The molecule has 2 aromatic carbocycles. The fourth-order valence-corrected chi connectivity index (χ4v) is 2.09. The quantitative estimate of drug-likeness (QED) is 0.652. The van der Waals surface area contributed by atoms with Gasteiger partial charge in [-0.3, -0.25) is 0 Å². The highest BCUT2D eigenvalue weighted by atomic mass is 16.5. The van der Waals surface area contributed by atoms with Crippen LogP contribution in [0.25, 0.3) is 21.8 Å². The van der Waals surface area contributed by atoms with Gasteiger partial charge in [0.25, 0.3) is 0 Å². The molecule has 0 unspecified atom stereocenters. The number of nitrogens with one attached hydrogen (secondary N) is 1. The van der Waals surface area contributed by atoms with Gasteiger partial charge in [0, 0.05) is 28.4 Å². The summed E-state index contributed by atoms with van der Waals surface area (Å²) in [6, 6.07) is 11.3. The van der Waals surface area contributed by atoms with Crippen molar-refractivity contribution in [2.24, 2.45) is 0 Å². The Kier molecular flexibility index (Phi) is 1.80. The van der Waals surface area contributed by atoms with Gasteiger partial charge in [0.05, 0.1) is 12.6 Å². The molecule has 0 aliphatic heterocycles. The monoisotopic (exact) mass is 213 g/mol. The summed E-state index contributed by atoms with van der Waals surface area (Å²) in [4.78, 5) is 3.25. The Morgan fingerprint density at radius 3 is 2.75 bits per heavy atom. The number of benzene rings is 2. The Balaban J connectivity index is 2.55. The van der Waals surface area contributed by atoms with Crippen molar-refractivity contribution in [2.75, 3.05) is 7.11 Å². The van der Waals surface area contributed by atoms with Crippen LogP contribution < -0.4 is 4.74 Å². The van der Waals surface area contributed by atoms with Gasteiger partial charge in [0.2, 0.25) is 0 Å². The number of H-pyrrole nitrogens is 1. The van der Waals surface area contributed by atoms with Crippen LogP contribution in [0.1, 0.15) is 0 Å². The third kappa shape index (κ3) is 1.15. The van der Waals surface area contributed by atoms with Crippen molar-refractivity contribution in [3.63, 3.8) is 0 Å². The molecule has 0 fully saturated rings. The SMILES string of the molecule is COc1cc(O)cc2[nH]c3ccccc3c12. The van der Waals surface area contributed by atoms with Gasteiger partial charge in [-0.1, -0.05) is 18.2 Å². The van der Waals surface area contributed by atoms with Crippen LogP contribution in [0.15, 0.2) is 36.4 Å². The Morgan fingerprint density at radius 2 is 1.94 bits per heavy atom. The molecule has 16 heavy (non-hydrogen) atoms. The van der Waals surface area contributed by atoms with Crippen LogP contribution in [-0.2, 0) is 0 Å². The molecule has 3 heteroatoms. The molecule has 0 saturated heterocycles. The molecule has 3 rings (SSSR count). The van der Waals surface area contributed by atoms with Crippen molar-refractivity contribution in [3.8, 4) is 11.5 Å². The number of aromatic nitrogens is 1. The molecule has 80 valence electrons. The molecule has 3 nitrogen and oxygen atoms in total. The average Bonchev–Trinajstić information content (AvgIpc) is 2.65. The van der Waals surface area contributed by atoms with Crippen LogP contribution in [0.2, 0.25) is 0 Å². The van der Waals surface area contributed by atoms with Crippen molar-refractivity contribution in [2.45, 2.75) is 0 Å². The summed E-state index contributed by atoms with van der Waals surface area (Å²) >= 11 is 0. The number of fused-ring (bicyclic) bond motifs is 3. The van der Waals surface area contributed by atoms with Gasteiger partial charge in [-0.15, -0.1) is 0 Å². The summed E-state index contributed by atoms with van der Waals surface area (Å²) in [6.07, 6.45) is 0. The van der Waals surface area contributed by atoms with E-state index in [4.69, 9.17) is 4.74 Å². The molecule has 1 aromatic heterocycles. The third-order valence-electron chi connectivity index (χ3n) is 2.77. The van der Waals surface area contributed by atoms with Crippen molar-refractivity contribution in [1.29, 1.82) is 0 Å². The first-order chi connectivity index (χ1) is 7.79. The van der Waals surface area contributed by atoms with Gasteiger partial charge in [-0.25, -0.2) is 0 Å². The standard InChI is InChI=1S/C13H11NO2/c1-16-12-7-8(15)6-11-13(12)9-4-2-3-5-10(9)14-11/h2-7,14-15H,1H3. The summed E-state index contributed by atoms with van der Waals surface area (Å²) in [6.45, 7) is 0. The Bertz CT molecular complexity index is 670. The molecule has 1 heterocycles. The van der Waals surface area contributed by atoms with Gasteiger partial charge in [-0.2, -0.15) is 0 Å². The third-order valence-corrected chi connectivity index (χ3v) is 2.77. The van der Waals surface area contributed by atoms with Gasteiger partial charge in [0.15, 0.2) is 0 Å². The van der Waals surface area contributed by atoms with Gasteiger partial charge >= 0.3 is 0 Å². The van der Waals surface area contributed by atoms with Gasteiger partial charge in [0.1, 0.15) is 11.5 Å². The minimum Gasteiger partial charge on any atom is -0.508 e. The number of ether oxygens (including phenoxy) is 1. The van der Waals surface area contributed by atoms with Crippen molar-refractivity contribution in [3.05, 3.63) is 36.4 Å². The van der Waals surface area contributed by atoms with E-state index < -0.39 is 0 Å². The van der Waals surface area contributed by atoms with E-state index in [0.29, 0.717) is 5.75 Å². The summed E-state index contributed by atoms with van der Waals surface area (Å²) in [5.74, 6) is 0.892. The number of methoxy groups -OCH3 is 1. The number of rotatable bonds is 1. The number of aromatic amines is 1. The van der Waals surface area contributed by atoms with Crippen molar-refractivity contribution in [1.82, 2.24) is 4.98 Å². The predicted molar refractivity (Wildman–Crippen MR) is 64.0 cm³/mol. The molecule has 3 aromatic rings. The Labute approximate surface area is 92.3 Å². The lowest BCUT2D eigenvalue weighted by molar-refractivity contribution is 0.413. The fraction of sp³-hybridized carbons (Fsp3) is 0.0769. The first-order valence-corrected chi connectivity index (χ1v) is 5.07. The number of hydrogen-bond acceptors (Lipinski definition) is 2. The number of hydrogen-bond donors (Lipinski definition) is 2.